The van der Waals surface area contributed by atoms with E-state index in [1.54, 1.807) is 0 Å². The monoisotopic (exact) mass is 350 g/mol. The third kappa shape index (κ3) is 3.76. The van der Waals surface area contributed by atoms with Crippen molar-refractivity contribution in [2.24, 2.45) is 0 Å². The van der Waals surface area contributed by atoms with Gasteiger partial charge in [0.1, 0.15) is 17.5 Å². The molecule has 2 aromatic rings. The lowest BCUT2D eigenvalue weighted by molar-refractivity contribution is -0.112. The van der Waals surface area contributed by atoms with Gasteiger partial charge in [-0.1, -0.05) is 0 Å². The first kappa shape index (κ1) is 14.4. The first-order valence-electron chi connectivity index (χ1n) is 5.51. The third-order valence-electron chi connectivity index (χ3n) is 2.37. The Kier molecular flexibility index (Phi) is 4.66. The molecule has 0 fully saturated rings. The van der Waals surface area contributed by atoms with Gasteiger partial charge in [0, 0.05) is 5.69 Å². The second kappa shape index (κ2) is 6.46. The summed E-state index contributed by atoms with van der Waals surface area (Å²) in [6.45, 7) is 0. The van der Waals surface area contributed by atoms with E-state index in [-0.39, 0.29) is 11.4 Å². The van der Waals surface area contributed by atoms with E-state index in [4.69, 9.17) is 5.26 Å². The van der Waals surface area contributed by atoms with Gasteiger partial charge < -0.3 is 5.32 Å². The lowest BCUT2D eigenvalue weighted by Crippen LogP contribution is -2.13. The SMILES string of the molecule is N#C/C(=C\c1csc(Br)c1)C(=O)Nc1ccc(F)cc1. The lowest BCUT2D eigenvalue weighted by Gasteiger charge is -2.03. The zero-order valence-corrected chi connectivity index (χ0v) is 12.5. The predicted molar refractivity (Wildman–Crippen MR) is 80.6 cm³/mol. The van der Waals surface area contributed by atoms with Gasteiger partial charge in [0.2, 0.25) is 0 Å². The van der Waals surface area contributed by atoms with Crippen molar-refractivity contribution in [1.29, 1.82) is 5.26 Å². The van der Waals surface area contributed by atoms with Crippen molar-refractivity contribution >= 4 is 44.9 Å². The fraction of sp³-hybridized carbons (Fsp3) is 0. The van der Waals surface area contributed by atoms with Gasteiger partial charge in [-0.2, -0.15) is 5.26 Å². The molecular formula is C14H8BrFN2OS. The quantitative estimate of drug-likeness (QED) is 0.666. The van der Waals surface area contributed by atoms with E-state index in [1.807, 2.05) is 17.5 Å². The molecule has 3 nitrogen and oxygen atoms in total. The fourth-order valence-electron chi connectivity index (χ4n) is 1.45. The summed E-state index contributed by atoms with van der Waals surface area (Å²) in [6, 6.07) is 9.01. The van der Waals surface area contributed by atoms with Crippen LogP contribution in [0, 0.1) is 17.1 Å². The van der Waals surface area contributed by atoms with E-state index >= 15 is 0 Å². The summed E-state index contributed by atoms with van der Waals surface area (Å²) in [5.41, 5.74) is 1.19. The van der Waals surface area contributed by atoms with Gasteiger partial charge in [-0.05, 0) is 63.3 Å². The molecule has 1 N–H and O–H groups in total. The summed E-state index contributed by atoms with van der Waals surface area (Å²) in [5.74, 6) is -0.913. The number of halogens is 2. The Morgan fingerprint density at radius 2 is 2.10 bits per heavy atom. The van der Waals surface area contributed by atoms with Gasteiger partial charge >= 0.3 is 0 Å². The van der Waals surface area contributed by atoms with Crippen LogP contribution in [0.2, 0.25) is 0 Å². The Labute approximate surface area is 127 Å². The number of nitriles is 1. The lowest BCUT2D eigenvalue weighted by atomic mass is 10.2. The van der Waals surface area contributed by atoms with Crippen molar-refractivity contribution in [3.8, 4) is 6.07 Å². The second-order valence-corrected chi connectivity index (χ2v) is 6.11. The zero-order valence-electron chi connectivity index (χ0n) is 10.1. The van der Waals surface area contributed by atoms with Crippen molar-refractivity contribution in [2.75, 3.05) is 5.32 Å². The molecule has 1 heterocycles. The van der Waals surface area contributed by atoms with Crippen LogP contribution in [-0.4, -0.2) is 5.91 Å². The van der Waals surface area contributed by atoms with Crippen molar-refractivity contribution in [3.05, 3.63) is 56.5 Å². The number of rotatable bonds is 3. The Bertz CT molecular complexity index is 701. The van der Waals surface area contributed by atoms with Crippen LogP contribution in [0.1, 0.15) is 5.56 Å². The molecule has 0 unspecified atom stereocenters. The normalized spacial score (nSPS) is 10.9. The van der Waals surface area contributed by atoms with Crippen LogP contribution >= 0.6 is 27.3 Å². The minimum Gasteiger partial charge on any atom is -0.321 e. The number of hydrogen-bond acceptors (Lipinski definition) is 3. The summed E-state index contributed by atoms with van der Waals surface area (Å²) < 4.78 is 13.7. The van der Waals surface area contributed by atoms with Crippen LogP contribution in [0.25, 0.3) is 6.08 Å². The van der Waals surface area contributed by atoms with Gasteiger partial charge in [0.05, 0.1) is 3.79 Å². The van der Waals surface area contributed by atoms with Crippen LogP contribution in [0.4, 0.5) is 10.1 Å². The molecule has 0 aliphatic heterocycles. The molecule has 0 saturated carbocycles. The van der Waals surface area contributed by atoms with Crippen molar-refractivity contribution in [2.45, 2.75) is 0 Å². The molecule has 0 radical (unpaired) electrons. The number of thiophene rings is 1. The maximum atomic E-state index is 12.8. The van der Waals surface area contributed by atoms with E-state index in [0.29, 0.717) is 5.69 Å². The van der Waals surface area contributed by atoms with Gasteiger partial charge in [-0.3, -0.25) is 4.79 Å². The Hall–Kier alpha value is -1.97. The van der Waals surface area contributed by atoms with Crippen LogP contribution in [0.15, 0.2) is 45.1 Å². The first-order valence-corrected chi connectivity index (χ1v) is 7.18. The minimum absolute atomic E-state index is 0.0142. The van der Waals surface area contributed by atoms with E-state index < -0.39 is 5.91 Å². The molecule has 6 heteroatoms. The topological polar surface area (TPSA) is 52.9 Å². The second-order valence-electron chi connectivity index (χ2n) is 3.81. The molecular weight excluding hydrogens is 343 g/mol. The van der Waals surface area contributed by atoms with Crippen molar-refractivity contribution < 1.29 is 9.18 Å². The molecule has 0 aliphatic rings. The van der Waals surface area contributed by atoms with E-state index in [2.05, 4.69) is 21.2 Å². The number of carbonyl (C=O) groups is 1. The molecule has 0 spiro atoms. The average molecular weight is 351 g/mol. The van der Waals surface area contributed by atoms with Crippen LogP contribution < -0.4 is 5.32 Å². The zero-order chi connectivity index (χ0) is 14.5. The maximum absolute atomic E-state index is 12.8. The summed E-state index contributed by atoms with van der Waals surface area (Å²) in [7, 11) is 0. The standard InChI is InChI=1S/C14H8BrFN2OS/c15-13-6-9(8-20-13)5-10(7-17)14(19)18-12-3-1-11(16)2-4-12/h1-6,8H,(H,18,19)/b10-5+. The molecule has 0 bridgehead atoms. The number of nitrogens with one attached hydrogen (secondary N) is 1. The van der Waals surface area contributed by atoms with Crippen LogP contribution in [0.5, 0.6) is 0 Å². The van der Waals surface area contributed by atoms with Crippen LogP contribution in [-0.2, 0) is 4.79 Å². The molecule has 20 heavy (non-hydrogen) atoms. The number of benzene rings is 1. The van der Waals surface area contributed by atoms with Gasteiger partial charge in [-0.15, -0.1) is 11.3 Å². The number of amides is 1. The van der Waals surface area contributed by atoms with Crippen LogP contribution in [0.3, 0.4) is 0 Å². The average Bonchev–Trinajstić information content (AvgIpc) is 2.84. The molecule has 0 saturated heterocycles. The minimum atomic E-state index is -0.526. The molecule has 1 aromatic carbocycles. The number of carbonyl (C=O) groups excluding carboxylic acids is 1. The number of nitrogens with zero attached hydrogens (tertiary/aromatic N) is 1. The summed E-state index contributed by atoms with van der Waals surface area (Å²) in [5, 5.41) is 13.4. The van der Waals surface area contributed by atoms with E-state index in [1.165, 1.54) is 41.7 Å². The Morgan fingerprint density at radius 3 is 2.65 bits per heavy atom. The highest BCUT2D eigenvalue weighted by Crippen LogP contribution is 2.22. The smallest absolute Gasteiger partial charge is 0.266 e. The highest BCUT2D eigenvalue weighted by Gasteiger charge is 2.10. The van der Waals surface area contributed by atoms with E-state index in [9.17, 15) is 9.18 Å². The first-order chi connectivity index (χ1) is 9.58. The fourth-order valence-corrected chi connectivity index (χ4v) is 2.58. The molecule has 1 aromatic heterocycles. The summed E-state index contributed by atoms with van der Waals surface area (Å²) in [6.07, 6.45) is 1.50. The molecule has 1 amide bonds. The molecule has 0 atom stereocenters. The van der Waals surface area contributed by atoms with Crippen molar-refractivity contribution in [1.82, 2.24) is 0 Å². The Balaban J connectivity index is 2.16. The van der Waals surface area contributed by atoms with Gasteiger partial charge in [0.15, 0.2) is 0 Å². The van der Waals surface area contributed by atoms with E-state index in [0.717, 1.165) is 9.35 Å². The highest BCUT2D eigenvalue weighted by molar-refractivity contribution is 9.11. The van der Waals surface area contributed by atoms with Gasteiger partial charge in [-0.25, -0.2) is 4.39 Å². The summed E-state index contributed by atoms with van der Waals surface area (Å²) >= 11 is 4.78. The third-order valence-corrected chi connectivity index (χ3v) is 3.89. The number of hydrogen-bond donors (Lipinski definition) is 1. The molecule has 2 rings (SSSR count). The van der Waals surface area contributed by atoms with Crippen molar-refractivity contribution in [3.63, 3.8) is 0 Å². The molecule has 0 aliphatic carbocycles. The maximum Gasteiger partial charge on any atom is 0.266 e. The Morgan fingerprint density at radius 1 is 1.40 bits per heavy atom. The largest absolute Gasteiger partial charge is 0.321 e. The van der Waals surface area contributed by atoms with Gasteiger partial charge in [0.25, 0.3) is 5.91 Å². The predicted octanol–water partition coefficient (Wildman–Crippen LogP) is 4.20. The summed E-state index contributed by atoms with van der Waals surface area (Å²) in [4.78, 5) is 11.9. The number of anilines is 1. The highest BCUT2D eigenvalue weighted by atomic mass is 79.9. The molecule has 100 valence electrons.